The molecule has 0 spiro atoms. The van der Waals surface area contributed by atoms with E-state index in [1.165, 1.54) is 16.5 Å². The predicted molar refractivity (Wildman–Crippen MR) is 78.5 cm³/mol. The van der Waals surface area contributed by atoms with Crippen LogP contribution >= 0.6 is 0 Å². The fourth-order valence-electron chi connectivity index (χ4n) is 2.78. The molecule has 0 radical (unpaired) electrons. The summed E-state index contributed by atoms with van der Waals surface area (Å²) < 4.78 is 7.72. The maximum Gasteiger partial charge on any atom is 0.0483 e. The summed E-state index contributed by atoms with van der Waals surface area (Å²) >= 11 is 0. The van der Waals surface area contributed by atoms with Gasteiger partial charge in [0.05, 0.1) is 0 Å². The average molecular weight is 258 g/mol. The summed E-state index contributed by atoms with van der Waals surface area (Å²) in [4.78, 5) is 0. The van der Waals surface area contributed by atoms with Crippen LogP contribution in [-0.4, -0.2) is 30.4 Å². The zero-order valence-electron chi connectivity index (χ0n) is 11.6. The van der Waals surface area contributed by atoms with E-state index in [0.29, 0.717) is 6.04 Å². The van der Waals surface area contributed by atoms with E-state index < -0.39 is 0 Å². The van der Waals surface area contributed by atoms with Gasteiger partial charge in [0.2, 0.25) is 0 Å². The van der Waals surface area contributed by atoms with Crippen molar-refractivity contribution in [3.05, 3.63) is 36.0 Å². The molecule has 1 saturated heterocycles. The number of aryl methyl sites for hydroxylation is 1. The standard InChI is InChI=1S/C16H22N2O/c1-13-2-3-14-4-8-18(16(14)12-13)9-7-17-15-5-10-19-11-6-15/h2-4,8,12,15,17H,5-7,9-11H2,1H3. The summed E-state index contributed by atoms with van der Waals surface area (Å²) in [5.74, 6) is 0. The molecule has 1 fully saturated rings. The minimum atomic E-state index is 0.636. The minimum absolute atomic E-state index is 0.636. The lowest BCUT2D eigenvalue weighted by Crippen LogP contribution is -2.36. The highest BCUT2D eigenvalue weighted by Gasteiger charge is 2.12. The van der Waals surface area contributed by atoms with Gasteiger partial charge in [-0.3, -0.25) is 0 Å². The minimum Gasteiger partial charge on any atom is -0.381 e. The molecule has 1 aromatic heterocycles. The monoisotopic (exact) mass is 258 g/mol. The van der Waals surface area contributed by atoms with E-state index in [1.54, 1.807) is 0 Å². The Kier molecular flexibility index (Phi) is 3.85. The van der Waals surface area contributed by atoms with Crippen LogP contribution in [0.2, 0.25) is 0 Å². The average Bonchev–Trinajstić information content (AvgIpc) is 2.83. The van der Waals surface area contributed by atoms with Crippen LogP contribution in [0, 0.1) is 6.92 Å². The number of fused-ring (bicyclic) bond motifs is 1. The van der Waals surface area contributed by atoms with E-state index in [9.17, 15) is 0 Å². The molecule has 0 amide bonds. The molecule has 0 saturated carbocycles. The number of ether oxygens (including phenoxy) is 1. The van der Waals surface area contributed by atoms with Crippen LogP contribution in [0.3, 0.4) is 0 Å². The molecule has 0 bridgehead atoms. The van der Waals surface area contributed by atoms with E-state index in [2.05, 4.69) is 47.3 Å². The first-order valence-electron chi connectivity index (χ1n) is 7.19. The number of hydrogen-bond acceptors (Lipinski definition) is 2. The Morgan fingerprint density at radius 1 is 1.26 bits per heavy atom. The van der Waals surface area contributed by atoms with Crippen LogP contribution in [0.25, 0.3) is 10.9 Å². The number of rotatable bonds is 4. The third-order valence-electron chi connectivity index (χ3n) is 3.94. The van der Waals surface area contributed by atoms with Crippen molar-refractivity contribution in [3.8, 4) is 0 Å². The summed E-state index contributed by atoms with van der Waals surface area (Å²) in [6, 6.07) is 9.48. The zero-order valence-corrected chi connectivity index (χ0v) is 11.6. The van der Waals surface area contributed by atoms with Gasteiger partial charge in [-0.25, -0.2) is 0 Å². The highest BCUT2D eigenvalue weighted by molar-refractivity contribution is 5.80. The Morgan fingerprint density at radius 2 is 2.11 bits per heavy atom. The second-order valence-electron chi connectivity index (χ2n) is 5.41. The van der Waals surface area contributed by atoms with E-state index in [0.717, 1.165) is 39.1 Å². The SMILES string of the molecule is Cc1ccc2ccn(CCNC3CCOCC3)c2c1. The summed E-state index contributed by atoms with van der Waals surface area (Å²) in [6.07, 6.45) is 4.48. The highest BCUT2D eigenvalue weighted by Crippen LogP contribution is 2.17. The zero-order chi connectivity index (χ0) is 13.1. The highest BCUT2D eigenvalue weighted by atomic mass is 16.5. The van der Waals surface area contributed by atoms with Crippen LogP contribution in [0.5, 0.6) is 0 Å². The number of benzene rings is 1. The molecule has 0 atom stereocenters. The van der Waals surface area contributed by atoms with Crippen LogP contribution in [0.4, 0.5) is 0 Å². The molecule has 1 aliphatic heterocycles. The molecule has 3 heteroatoms. The third kappa shape index (κ3) is 2.99. The van der Waals surface area contributed by atoms with Crippen molar-refractivity contribution >= 4 is 10.9 Å². The van der Waals surface area contributed by atoms with Crippen molar-refractivity contribution in [2.24, 2.45) is 0 Å². The van der Waals surface area contributed by atoms with Crippen molar-refractivity contribution in [3.63, 3.8) is 0 Å². The smallest absolute Gasteiger partial charge is 0.0483 e. The van der Waals surface area contributed by atoms with E-state index in [4.69, 9.17) is 4.74 Å². The van der Waals surface area contributed by atoms with Gasteiger partial charge in [-0.2, -0.15) is 0 Å². The Morgan fingerprint density at radius 3 is 2.95 bits per heavy atom. The molecule has 3 rings (SSSR count). The van der Waals surface area contributed by atoms with Crippen LogP contribution in [-0.2, 0) is 11.3 Å². The maximum absolute atomic E-state index is 5.38. The first-order valence-corrected chi connectivity index (χ1v) is 7.19. The van der Waals surface area contributed by atoms with Crippen molar-refractivity contribution < 1.29 is 4.74 Å². The Labute approximate surface area is 114 Å². The molecule has 0 unspecified atom stereocenters. The second-order valence-corrected chi connectivity index (χ2v) is 5.41. The predicted octanol–water partition coefficient (Wildman–Crippen LogP) is 2.72. The van der Waals surface area contributed by atoms with Crippen LogP contribution in [0.1, 0.15) is 18.4 Å². The largest absolute Gasteiger partial charge is 0.381 e. The van der Waals surface area contributed by atoms with Gasteiger partial charge in [0.1, 0.15) is 0 Å². The molecule has 2 aromatic rings. The Hall–Kier alpha value is -1.32. The molecule has 102 valence electrons. The summed E-state index contributed by atoms with van der Waals surface area (Å²) in [5.41, 5.74) is 2.67. The maximum atomic E-state index is 5.38. The van der Waals surface area contributed by atoms with Gasteiger partial charge in [0.15, 0.2) is 0 Å². The van der Waals surface area contributed by atoms with E-state index >= 15 is 0 Å². The number of hydrogen-bond donors (Lipinski definition) is 1. The van der Waals surface area contributed by atoms with Gasteiger partial charge in [-0.15, -0.1) is 0 Å². The summed E-state index contributed by atoms with van der Waals surface area (Å²) in [6.45, 7) is 6.02. The lowest BCUT2D eigenvalue weighted by molar-refractivity contribution is 0.0779. The van der Waals surface area contributed by atoms with Gasteiger partial charge < -0.3 is 14.6 Å². The quantitative estimate of drug-likeness (QED) is 0.912. The third-order valence-corrected chi connectivity index (χ3v) is 3.94. The van der Waals surface area contributed by atoms with E-state index in [1.807, 2.05) is 0 Å². The number of nitrogens with one attached hydrogen (secondary N) is 1. The molecule has 2 heterocycles. The molecule has 19 heavy (non-hydrogen) atoms. The van der Waals surface area contributed by atoms with Crippen molar-refractivity contribution in [2.45, 2.75) is 32.4 Å². The molecular formula is C16H22N2O. The van der Waals surface area contributed by atoms with Gasteiger partial charge in [0, 0.05) is 44.1 Å². The topological polar surface area (TPSA) is 26.2 Å². The lowest BCUT2D eigenvalue weighted by Gasteiger charge is -2.23. The summed E-state index contributed by atoms with van der Waals surface area (Å²) in [7, 11) is 0. The number of nitrogens with zero attached hydrogens (tertiary/aromatic N) is 1. The van der Waals surface area contributed by atoms with Gasteiger partial charge >= 0.3 is 0 Å². The normalized spacial score (nSPS) is 17.1. The lowest BCUT2D eigenvalue weighted by atomic mass is 10.1. The van der Waals surface area contributed by atoms with Crippen molar-refractivity contribution in [2.75, 3.05) is 19.8 Å². The molecule has 1 N–H and O–H groups in total. The number of aromatic nitrogens is 1. The van der Waals surface area contributed by atoms with Crippen LogP contribution in [0.15, 0.2) is 30.5 Å². The fraction of sp³-hybridized carbons (Fsp3) is 0.500. The Balaban J connectivity index is 1.60. The Bertz CT molecular complexity index is 541. The second kappa shape index (κ2) is 5.76. The molecule has 1 aromatic carbocycles. The van der Waals surface area contributed by atoms with Crippen LogP contribution < -0.4 is 5.32 Å². The van der Waals surface area contributed by atoms with Crippen molar-refractivity contribution in [1.82, 2.24) is 9.88 Å². The first kappa shape index (κ1) is 12.7. The molecule has 3 nitrogen and oxygen atoms in total. The van der Waals surface area contributed by atoms with Gasteiger partial charge in [0.25, 0.3) is 0 Å². The summed E-state index contributed by atoms with van der Waals surface area (Å²) in [5, 5.41) is 4.97. The van der Waals surface area contributed by atoms with Gasteiger partial charge in [-0.05, 0) is 42.8 Å². The molecule has 1 aliphatic rings. The van der Waals surface area contributed by atoms with Gasteiger partial charge in [-0.1, -0.05) is 12.1 Å². The molecular weight excluding hydrogens is 236 g/mol. The van der Waals surface area contributed by atoms with Crippen molar-refractivity contribution in [1.29, 1.82) is 0 Å². The van der Waals surface area contributed by atoms with E-state index in [-0.39, 0.29) is 0 Å². The molecule has 0 aliphatic carbocycles. The fourth-order valence-corrected chi connectivity index (χ4v) is 2.78. The first-order chi connectivity index (χ1) is 9.33.